The van der Waals surface area contributed by atoms with Crippen molar-refractivity contribution in [2.75, 3.05) is 6.26 Å². The molecule has 0 bridgehead atoms. The van der Waals surface area contributed by atoms with Gasteiger partial charge in [0.15, 0.2) is 9.84 Å². The lowest BCUT2D eigenvalue weighted by atomic mass is 9.90. The second-order valence-electron chi connectivity index (χ2n) is 6.18. The maximum atomic E-state index is 12.0. The quantitative estimate of drug-likeness (QED) is 0.642. The van der Waals surface area contributed by atoms with Crippen LogP contribution in [0.25, 0.3) is 0 Å². The maximum Gasteiger partial charge on any atom is 0.154 e. The predicted molar refractivity (Wildman–Crippen MR) is 84.4 cm³/mol. The largest absolute Gasteiger partial charge is 0.271 e. The van der Waals surface area contributed by atoms with E-state index < -0.39 is 14.6 Å². The standard InChI is InChI=1S/C15H26N2O2S/c1-10-7-11(2)13(12(3)8-10)9-14(17-16)15(4,5)20(6,18)19/h7-8,14,17H,9,16H2,1-6H3. The zero-order chi connectivity index (χ0) is 15.7. The van der Waals surface area contributed by atoms with Gasteiger partial charge < -0.3 is 0 Å². The summed E-state index contributed by atoms with van der Waals surface area (Å²) in [5.74, 6) is 5.62. The summed E-state index contributed by atoms with van der Waals surface area (Å²) in [6.07, 6.45) is 1.85. The van der Waals surface area contributed by atoms with Crippen LogP contribution < -0.4 is 11.3 Å². The van der Waals surface area contributed by atoms with Gasteiger partial charge in [-0.2, -0.15) is 0 Å². The average Bonchev–Trinajstić information content (AvgIpc) is 2.25. The number of nitrogens with one attached hydrogen (secondary N) is 1. The van der Waals surface area contributed by atoms with Crippen LogP contribution in [0.2, 0.25) is 0 Å². The van der Waals surface area contributed by atoms with Gasteiger partial charge in [-0.15, -0.1) is 0 Å². The Kier molecular flexibility index (Phi) is 5.00. The molecule has 0 aromatic heterocycles. The molecule has 1 rings (SSSR count). The Morgan fingerprint density at radius 3 is 2.00 bits per heavy atom. The zero-order valence-electron chi connectivity index (χ0n) is 13.2. The summed E-state index contributed by atoms with van der Waals surface area (Å²) in [6.45, 7) is 9.59. The molecular formula is C15H26N2O2S. The van der Waals surface area contributed by atoms with E-state index in [0.29, 0.717) is 6.42 Å². The molecule has 0 aliphatic heterocycles. The molecule has 5 heteroatoms. The first-order chi connectivity index (χ1) is 9.00. The lowest BCUT2D eigenvalue weighted by Crippen LogP contribution is -2.55. The highest BCUT2D eigenvalue weighted by Crippen LogP contribution is 2.26. The second kappa shape index (κ2) is 5.84. The topological polar surface area (TPSA) is 72.2 Å². The third kappa shape index (κ3) is 3.40. The van der Waals surface area contributed by atoms with Gasteiger partial charge in [0.1, 0.15) is 0 Å². The molecule has 0 aliphatic rings. The number of rotatable bonds is 5. The number of benzene rings is 1. The number of hydrogen-bond acceptors (Lipinski definition) is 4. The monoisotopic (exact) mass is 298 g/mol. The zero-order valence-corrected chi connectivity index (χ0v) is 14.1. The number of aryl methyl sites for hydroxylation is 3. The van der Waals surface area contributed by atoms with E-state index in [4.69, 9.17) is 5.84 Å². The Morgan fingerprint density at radius 2 is 1.65 bits per heavy atom. The van der Waals surface area contributed by atoms with E-state index in [1.165, 1.54) is 22.9 Å². The molecule has 0 amide bonds. The van der Waals surface area contributed by atoms with Crippen LogP contribution in [0.4, 0.5) is 0 Å². The third-order valence-corrected chi connectivity index (χ3v) is 6.44. The van der Waals surface area contributed by atoms with E-state index in [2.05, 4.69) is 38.3 Å². The highest BCUT2D eigenvalue weighted by molar-refractivity contribution is 7.92. The van der Waals surface area contributed by atoms with Crippen molar-refractivity contribution in [2.45, 2.75) is 51.8 Å². The summed E-state index contributed by atoms with van der Waals surface area (Å²) in [5, 5.41) is 0. The minimum absolute atomic E-state index is 0.336. The van der Waals surface area contributed by atoms with Crippen LogP contribution in [0.3, 0.4) is 0 Å². The molecule has 0 saturated carbocycles. The Labute approximate surface area is 122 Å². The molecule has 0 saturated heterocycles. The van der Waals surface area contributed by atoms with Gasteiger partial charge in [-0.1, -0.05) is 17.7 Å². The SMILES string of the molecule is Cc1cc(C)c(CC(NN)C(C)(C)S(C)(=O)=O)c(C)c1. The van der Waals surface area contributed by atoms with Gasteiger partial charge in [0.2, 0.25) is 0 Å². The van der Waals surface area contributed by atoms with Gasteiger partial charge in [-0.05, 0) is 57.7 Å². The van der Waals surface area contributed by atoms with Gasteiger partial charge in [0.25, 0.3) is 0 Å². The van der Waals surface area contributed by atoms with Crippen molar-refractivity contribution >= 4 is 9.84 Å². The molecular weight excluding hydrogens is 272 g/mol. The highest BCUT2D eigenvalue weighted by atomic mass is 32.2. The minimum Gasteiger partial charge on any atom is -0.271 e. The fourth-order valence-electron chi connectivity index (χ4n) is 2.50. The van der Waals surface area contributed by atoms with E-state index in [9.17, 15) is 8.42 Å². The fourth-order valence-corrected chi connectivity index (χ4v) is 3.17. The summed E-state index contributed by atoms with van der Waals surface area (Å²) in [6, 6.07) is 3.89. The molecule has 0 radical (unpaired) electrons. The second-order valence-corrected chi connectivity index (χ2v) is 8.77. The summed E-state index contributed by atoms with van der Waals surface area (Å²) in [5.41, 5.74) is 7.41. The molecule has 4 nitrogen and oxygen atoms in total. The molecule has 20 heavy (non-hydrogen) atoms. The van der Waals surface area contributed by atoms with Gasteiger partial charge in [0, 0.05) is 12.3 Å². The van der Waals surface area contributed by atoms with Gasteiger partial charge in [0.05, 0.1) is 4.75 Å². The smallest absolute Gasteiger partial charge is 0.154 e. The van der Waals surface area contributed by atoms with Gasteiger partial charge >= 0.3 is 0 Å². The molecule has 0 fully saturated rings. The van der Waals surface area contributed by atoms with E-state index in [-0.39, 0.29) is 6.04 Å². The van der Waals surface area contributed by atoms with Crippen molar-refractivity contribution in [3.05, 3.63) is 34.4 Å². The van der Waals surface area contributed by atoms with Crippen LogP contribution >= 0.6 is 0 Å². The summed E-state index contributed by atoms with van der Waals surface area (Å²) < 4.78 is 23.0. The highest BCUT2D eigenvalue weighted by Gasteiger charge is 2.38. The van der Waals surface area contributed by atoms with Crippen LogP contribution in [0.1, 0.15) is 36.1 Å². The lowest BCUT2D eigenvalue weighted by Gasteiger charge is -2.33. The van der Waals surface area contributed by atoms with Crippen molar-refractivity contribution in [1.29, 1.82) is 0 Å². The normalized spacial score (nSPS) is 14.3. The molecule has 1 aromatic carbocycles. The number of hydrogen-bond donors (Lipinski definition) is 2. The molecule has 114 valence electrons. The fraction of sp³-hybridized carbons (Fsp3) is 0.600. The molecule has 1 unspecified atom stereocenters. The van der Waals surface area contributed by atoms with E-state index in [0.717, 1.165) is 5.56 Å². The van der Waals surface area contributed by atoms with Crippen molar-refractivity contribution in [3.63, 3.8) is 0 Å². The van der Waals surface area contributed by atoms with Crippen LogP contribution in [0, 0.1) is 20.8 Å². The van der Waals surface area contributed by atoms with Crippen LogP contribution in [0.5, 0.6) is 0 Å². The average molecular weight is 298 g/mol. The van der Waals surface area contributed by atoms with Crippen molar-refractivity contribution in [3.8, 4) is 0 Å². The number of hydrazine groups is 1. The Morgan fingerprint density at radius 1 is 1.20 bits per heavy atom. The summed E-state index contributed by atoms with van der Waals surface area (Å²) in [7, 11) is -3.21. The van der Waals surface area contributed by atoms with Gasteiger partial charge in [-0.3, -0.25) is 11.3 Å². The van der Waals surface area contributed by atoms with E-state index in [1.807, 2.05) is 0 Å². The summed E-state index contributed by atoms with van der Waals surface area (Å²) in [4.78, 5) is 0. The Hall–Kier alpha value is -0.910. The summed E-state index contributed by atoms with van der Waals surface area (Å²) >= 11 is 0. The van der Waals surface area contributed by atoms with Crippen molar-refractivity contribution < 1.29 is 8.42 Å². The molecule has 1 atom stereocenters. The first kappa shape index (κ1) is 17.1. The number of sulfone groups is 1. The number of nitrogens with two attached hydrogens (primary N) is 1. The van der Waals surface area contributed by atoms with Gasteiger partial charge in [-0.25, -0.2) is 8.42 Å². The van der Waals surface area contributed by atoms with Crippen LogP contribution in [-0.2, 0) is 16.3 Å². The van der Waals surface area contributed by atoms with Crippen molar-refractivity contribution in [1.82, 2.24) is 5.43 Å². The minimum atomic E-state index is -3.21. The molecule has 0 spiro atoms. The molecule has 1 aromatic rings. The van der Waals surface area contributed by atoms with Crippen LogP contribution in [-0.4, -0.2) is 25.5 Å². The molecule has 0 aliphatic carbocycles. The van der Waals surface area contributed by atoms with E-state index >= 15 is 0 Å². The first-order valence-corrected chi connectivity index (χ1v) is 8.62. The Bertz CT molecular complexity index is 569. The Balaban J connectivity index is 3.20. The van der Waals surface area contributed by atoms with Crippen LogP contribution in [0.15, 0.2) is 12.1 Å². The maximum absolute atomic E-state index is 12.0. The third-order valence-electron chi connectivity index (χ3n) is 4.24. The molecule has 0 heterocycles. The van der Waals surface area contributed by atoms with Crippen molar-refractivity contribution in [2.24, 2.45) is 5.84 Å². The predicted octanol–water partition coefficient (Wildman–Crippen LogP) is 1.81. The van der Waals surface area contributed by atoms with E-state index in [1.54, 1.807) is 13.8 Å². The molecule has 3 N–H and O–H groups in total. The first-order valence-electron chi connectivity index (χ1n) is 6.73. The lowest BCUT2D eigenvalue weighted by molar-refractivity contribution is 0.412.